The maximum Gasteiger partial charge on any atom is 0.191 e. The summed E-state index contributed by atoms with van der Waals surface area (Å²) >= 11 is 1.69. The van der Waals surface area contributed by atoms with Crippen molar-refractivity contribution in [3.8, 4) is 0 Å². The lowest BCUT2D eigenvalue weighted by molar-refractivity contribution is 0.0888. The van der Waals surface area contributed by atoms with Gasteiger partial charge in [-0.3, -0.25) is 4.99 Å². The molecule has 1 atom stereocenters. The van der Waals surface area contributed by atoms with Crippen LogP contribution in [-0.4, -0.2) is 58.3 Å². The van der Waals surface area contributed by atoms with Crippen LogP contribution in [0.15, 0.2) is 34.2 Å². The molecule has 0 spiro atoms. The molecule has 0 amide bonds. The molecule has 2 N–H and O–H groups in total. The molecule has 0 aromatic heterocycles. The van der Waals surface area contributed by atoms with Crippen molar-refractivity contribution in [2.45, 2.75) is 17.7 Å². The van der Waals surface area contributed by atoms with E-state index in [2.05, 4.69) is 15.6 Å². The van der Waals surface area contributed by atoms with Gasteiger partial charge < -0.3 is 20.1 Å². The molecular formula is C18H28FN3O2S. The van der Waals surface area contributed by atoms with Gasteiger partial charge in [-0.1, -0.05) is 0 Å². The average molecular weight is 370 g/mol. The molecule has 1 fully saturated rings. The molecule has 0 aliphatic carbocycles. The van der Waals surface area contributed by atoms with E-state index in [1.807, 2.05) is 0 Å². The van der Waals surface area contributed by atoms with E-state index in [4.69, 9.17) is 9.47 Å². The Morgan fingerprint density at radius 1 is 1.32 bits per heavy atom. The largest absolute Gasteiger partial charge is 0.381 e. The molecule has 1 unspecified atom stereocenters. The van der Waals surface area contributed by atoms with Crippen LogP contribution in [0.3, 0.4) is 0 Å². The Morgan fingerprint density at radius 2 is 2.12 bits per heavy atom. The highest BCUT2D eigenvalue weighted by molar-refractivity contribution is 7.99. The van der Waals surface area contributed by atoms with E-state index < -0.39 is 0 Å². The van der Waals surface area contributed by atoms with Crippen molar-refractivity contribution in [1.82, 2.24) is 10.6 Å². The van der Waals surface area contributed by atoms with Crippen molar-refractivity contribution in [2.75, 3.05) is 52.3 Å². The summed E-state index contributed by atoms with van der Waals surface area (Å²) in [6, 6.07) is 6.56. The predicted octanol–water partition coefficient (Wildman–Crippen LogP) is 2.53. The molecule has 1 aliphatic rings. The van der Waals surface area contributed by atoms with Crippen LogP contribution < -0.4 is 10.6 Å². The summed E-state index contributed by atoms with van der Waals surface area (Å²) in [6.45, 7) is 4.88. The molecule has 0 bridgehead atoms. The van der Waals surface area contributed by atoms with Crippen molar-refractivity contribution in [2.24, 2.45) is 10.9 Å². The smallest absolute Gasteiger partial charge is 0.191 e. The zero-order valence-electron chi connectivity index (χ0n) is 14.8. The van der Waals surface area contributed by atoms with E-state index in [1.54, 1.807) is 30.9 Å². The first-order valence-electron chi connectivity index (χ1n) is 8.76. The minimum Gasteiger partial charge on any atom is -0.381 e. The van der Waals surface area contributed by atoms with E-state index in [0.717, 1.165) is 69.0 Å². The molecule has 140 valence electrons. The molecule has 25 heavy (non-hydrogen) atoms. The fourth-order valence-electron chi connectivity index (χ4n) is 2.44. The first-order valence-corrected chi connectivity index (χ1v) is 9.75. The third kappa shape index (κ3) is 8.56. The van der Waals surface area contributed by atoms with Gasteiger partial charge >= 0.3 is 0 Å². The van der Waals surface area contributed by atoms with Crippen molar-refractivity contribution in [3.05, 3.63) is 30.1 Å². The molecule has 2 rings (SSSR count). The third-order valence-corrected chi connectivity index (χ3v) is 4.85. The lowest BCUT2D eigenvalue weighted by Crippen LogP contribution is -2.39. The number of nitrogens with zero attached hydrogens (tertiary/aromatic N) is 1. The molecule has 1 saturated heterocycles. The van der Waals surface area contributed by atoms with E-state index >= 15 is 0 Å². The number of rotatable bonds is 10. The molecule has 1 aromatic carbocycles. The Balaban J connectivity index is 1.46. The fourth-order valence-corrected chi connectivity index (χ4v) is 3.20. The highest BCUT2D eigenvalue weighted by Gasteiger charge is 2.15. The van der Waals surface area contributed by atoms with Crippen molar-refractivity contribution in [3.63, 3.8) is 0 Å². The van der Waals surface area contributed by atoms with Gasteiger partial charge in [0.2, 0.25) is 0 Å². The summed E-state index contributed by atoms with van der Waals surface area (Å²) < 4.78 is 23.8. The van der Waals surface area contributed by atoms with Crippen molar-refractivity contribution in [1.29, 1.82) is 0 Å². The van der Waals surface area contributed by atoms with Gasteiger partial charge in [0.15, 0.2) is 5.96 Å². The first-order chi connectivity index (χ1) is 12.3. The molecule has 0 radical (unpaired) electrons. The molecular weight excluding hydrogens is 341 g/mol. The van der Waals surface area contributed by atoms with E-state index in [0.29, 0.717) is 5.92 Å². The SMILES string of the molecule is CN=C(NCCCOCC1CCOC1)NCCSc1ccc(F)cc1. The second-order valence-electron chi connectivity index (χ2n) is 5.89. The van der Waals surface area contributed by atoms with Crippen LogP contribution in [0.1, 0.15) is 12.8 Å². The van der Waals surface area contributed by atoms with Gasteiger partial charge in [0.25, 0.3) is 0 Å². The van der Waals surface area contributed by atoms with Crippen LogP contribution >= 0.6 is 11.8 Å². The molecule has 7 heteroatoms. The highest BCUT2D eigenvalue weighted by atomic mass is 32.2. The van der Waals surface area contributed by atoms with Crippen LogP contribution in [0.25, 0.3) is 0 Å². The second-order valence-corrected chi connectivity index (χ2v) is 7.05. The van der Waals surface area contributed by atoms with Gasteiger partial charge in [-0.2, -0.15) is 0 Å². The number of hydrogen-bond acceptors (Lipinski definition) is 4. The Labute approximate surface area is 153 Å². The van der Waals surface area contributed by atoms with Crippen LogP contribution in [-0.2, 0) is 9.47 Å². The number of halogens is 1. The molecule has 1 heterocycles. The maximum atomic E-state index is 12.8. The first kappa shape index (κ1) is 20.0. The third-order valence-electron chi connectivity index (χ3n) is 3.84. The van der Waals surface area contributed by atoms with Gasteiger partial charge in [0.1, 0.15) is 5.82 Å². The Bertz CT molecular complexity index is 508. The minimum absolute atomic E-state index is 0.201. The van der Waals surface area contributed by atoms with E-state index in [9.17, 15) is 4.39 Å². The monoisotopic (exact) mass is 369 g/mol. The molecule has 0 saturated carbocycles. The quantitative estimate of drug-likeness (QED) is 0.287. The maximum absolute atomic E-state index is 12.8. The van der Waals surface area contributed by atoms with Gasteiger partial charge in [-0.15, -0.1) is 11.8 Å². The van der Waals surface area contributed by atoms with Crippen LogP contribution in [0.4, 0.5) is 4.39 Å². The van der Waals surface area contributed by atoms with Crippen LogP contribution in [0, 0.1) is 11.7 Å². The van der Waals surface area contributed by atoms with Gasteiger partial charge in [0, 0.05) is 49.9 Å². The summed E-state index contributed by atoms with van der Waals surface area (Å²) in [6.07, 6.45) is 2.06. The van der Waals surface area contributed by atoms with Crippen LogP contribution in [0.2, 0.25) is 0 Å². The Kier molecular flexibility index (Phi) is 9.69. The fraction of sp³-hybridized carbons (Fsp3) is 0.611. The second kappa shape index (κ2) is 12.1. The highest BCUT2D eigenvalue weighted by Crippen LogP contribution is 2.17. The lowest BCUT2D eigenvalue weighted by Gasteiger charge is -2.12. The number of thioether (sulfide) groups is 1. The minimum atomic E-state index is -0.201. The summed E-state index contributed by atoms with van der Waals surface area (Å²) in [5, 5.41) is 6.55. The number of guanidine groups is 1. The molecule has 1 aromatic rings. The van der Waals surface area contributed by atoms with Gasteiger partial charge in [-0.25, -0.2) is 4.39 Å². The average Bonchev–Trinajstić information content (AvgIpc) is 3.14. The summed E-state index contributed by atoms with van der Waals surface area (Å²) in [7, 11) is 1.76. The predicted molar refractivity (Wildman–Crippen MR) is 101 cm³/mol. The van der Waals surface area contributed by atoms with E-state index in [-0.39, 0.29) is 5.82 Å². The zero-order valence-corrected chi connectivity index (χ0v) is 15.6. The van der Waals surface area contributed by atoms with Gasteiger partial charge in [0.05, 0.1) is 13.2 Å². The summed E-state index contributed by atoms with van der Waals surface area (Å²) in [5.74, 6) is 2.05. The standard InChI is InChI=1S/C18H28FN3O2S/c1-20-18(21-8-2-10-23-13-15-7-11-24-14-15)22-9-12-25-17-5-3-16(19)4-6-17/h3-6,15H,2,7-14H2,1H3,(H2,20,21,22). The lowest BCUT2D eigenvalue weighted by atomic mass is 10.1. The number of aliphatic imine (C=N–C) groups is 1. The molecule has 1 aliphatic heterocycles. The number of benzene rings is 1. The normalized spacial score (nSPS) is 17.7. The number of ether oxygens (including phenoxy) is 2. The Morgan fingerprint density at radius 3 is 2.84 bits per heavy atom. The van der Waals surface area contributed by atoms with Crippen molar-refractivity contribution < 1.29 is 13.9 Å². The summed E-state index contributed by atoms with van der Waals surface area (Å²) in [5.41, 5.74) is 0. The van der Waals surface area contributed by atoms with Crippen molar-refractivity contribution >= 4 is 17.7 Å². The number of hydrogen-bond donors (Lipinski definition) is 2. The Hall–Kier alpha value is -1.31. The number of nitrogens with one attached hydrogen (secondary N) is 2. The van der Waals surface area contributed by atoms with Crippen LogP contribution in [0.5, 0.6) is 0 Å². The molecule has 5 nitrogen and oxygen atoms in total. The topological polar surface area (TPSA) is 54.9 Å². The zero-order chi connectivity index (χ0) is 17.7. The summed E-state index contributed by atoms with van der Waals surface area (Å²) in [4.78, 5) is 5.27. The van der Waals surface area contributed by atoms with Gasteiger partial charge in [-0.05, 0) is 37.1 Å². The van der Waals surface area contributed by atoms with E-state index in [1.165, 1.54) is 12.1 Å².